The van der Waals surface area contributed by atoms with E-state index in [1.54, 1.807) is 11.1 Å². The molecule has 0 atom stereocenters. The Bertz CT molecular complexity index is 910. The maximum Gasteiger partial charge on any atom is 0.320 e. The molecule has 8 heteroatoms. The zero-order chi connectivity index (χ0) is 22.8. The fourth-order valence-electron chi connectivity index (χ4n) is 3.43. The lowest BCUT2D eigenvalue weighted by molar-refractivity contribution is -0.144. The summed E-state index contributed by atoms with van der Waals surface area (Å²) < 4.78 is 10.8. The number of hydrogen-bond acceptors (Lipinski definition) is 8. The molecule has 0 amide bonds. The number of morpholine rings is 1. The largest absolute Gasteiger partial charge is 0.465 e. The highest BCUT2D eigenvalue weighted by Crippen LogP contribution is 2.22. The molecule has 172 valence electrons. The zero-order valence-corrected chi connectivity index (χ0v) is 19.2. The van der Waals surface area contributed by atoms with Crippen molar-refractivity contribution in [1.82, 2.24) is 9.88 Å². The molecule has 0 bridgehead atoms. The first kappa shape index (κ1) is 23.7. The van der Waals surface area contributed by atoms with Gasteiger partial charge in [0, 0.05) is 30.5 Å². The minimum Gasteiger partial charge on any atom is -0.465 e. The van der Waals surface area contributed by atoms with Crippen LogP contribution in [0.25, 0.3) is 0 Å². The van der Waals surface area contributed by atoms with Crippen LogP contribution in [-0.4, -0.2) is 75.6 Å². The number of esters is 1. The molecule has 0 aliphatic carbocycles. The fraction of sp³-hybridized carbons (Fsp3) is 0.458. The molecule has 1 fully saturated rings. The van der Waals surface area contributed by atoms with Crippen molar-refractivity contribution in [2.75, 3.05) is 63.9 Å². The second-order valence-corrected chi connectivity index (χ2v) is 8.15. The lowest BCUT2D eigenvalue weighted by atomic mass is 10.2. The van der Waals surface area contributed by atoms with Crippen LogP contribution in [0.4, 0.5) is 11.5 Å². The summed E-state index contributed by atoms with van der Waals surface area (Å²) in [4.78, 5) is 20.5. The topological polar surface area (TPSA) is 79.3 Å². The first-order chi connectivity index (χ1) is 15.5. The molecule has 1 aliphatic heterocycles. The van der Waals surface area contributed by atoms with E-state index >= 15 is 0 Å². The minimum atomic E-state index is -0.210. The number of anilines is 2. The monoisotopic (exact) mass is 439 g/mol. The maximum atomic E-state index is 11.7. The minimum absolute atomic E-state index is 0.210. The zero-order valence-electron chi connectivity index (χ0n) is 19.2. The third kappa shape index (κ3) is 7.94. The summed E-state index contributed by atoms with van der Waals surface area (Å²) in [5.74, 6) is 0.482. The van der Waals surface area contributed by atoms with E-state index in [4.69, 9.17) is 14.5 Å². The number of rotatable bonds is 10. The van der Waals surface area contributed by atoms with Gasteiger partial charge >= 0.3 is 5.97 Å². The van der Waals surface area contributed by atoms with E-state index in [1.165, 1.54) is 5.56 Å². The van der Waals surface area contributed by atoms with Crippen molar-refractivity contribution >= 4 is 23.7 Å². The molecule has 3 rings (SSSR count). The van der Waals surface area contributed by atoms with E-state index in [-0.39, 0.29) is 12.5 Å². The van der Waals surface area contributed by atoms with E-state index < -0.39 is 0 Å². The lowest BCUT2D eigenvalue weighted by Gasteiger charge is -2.29. The van der Waals surface area contributed by atoms with Crippen LogP contribution in [0.15, 0.2) is 41.5 Å². The van der Waals surface area contributed by atoms with Crippen molar-refractivity contribution in [2.45, 2.75) is 19.8 Å². The van der Waals surface area contributed by atoms with E-state index in [9.17, 15) is 4.79 Å². The first-order valence-electron chi connectivity index (χ1n) is 11.0. The third-order valence-corrected chi connectivity index (χ3v) is 4.96. The Balaban J connectivity index is 1.64. The van der Waals surface area contributed by atoms with Crippen LogP contribution in [0.2, 0.25) is 0 Å². The van der Waals surface area contributed by atoms with Gasteiger partial charge in [0.25, 0.3) is 0 Å². The molecular formula is C24H33N5O3. The summed E-state index contributed by atoms with van der Waals surface area (Å²) in [6.07, 6.45) is 3.22. The fourth-order valence-corrected chi connectivity index (χ4v) is 3.43. The summed E-state index contributed by atoms with van der Waals surface area (Å²) in [6, 6.07) is 12.3. The number of carbonyl (C=O) groups is 1. The number of aryl methyl sites for hydroxylation is 2. The van der Waals surface area contributed by atoms with Crippen LogP contribution in [0.5, 0.6) is 0 Å². The van der Waals surface area contributed by atoms with Crippen molar-refractivity contribution in [2.24, 2.45) is 5.10 Å². The molecule has 32 heavy (non-hydrogen) atoms. The smallest absolute Gasteiger partial charge is 0.320 e. The highest BCUT2D eigenvalue weighted by atomic mass is 16.5. The maximum absolute atomic E-state index is 11.7. The average molecular weight is 440 g/mol. The number of hydrazone groups is 1. The van der Waals surface area contributed by atoms with E-state index in [1.807, 2.05) is 32.3 Å². The van der Waals surface area contributed by atoms with Gasteiger partial charge in [-0.2, -0.15) is 5.10 Å². The summed E-state index contributed by atoms with van der Waals surface area (Å²) in [5.41, 5.74) is 7.32. The molecule has 0 radical (unpaired) electrons. The second kappa shape index (κ2) is 12.2. The molecule has 0 spiro atoms. The predicted molar refractivity (Wildman–Crippen MR) is 127 cm³/mol. The Kier molecular flexibility index (Phi) is 9.01. The van der Waals surface area contributed by atoms with Crippen molar-refractivity contribution in [3.05, 3.63) is 53.2 Å². The Morgan fingerprint density at radius 2 is 2.09 bits per heavy atom. The van der Waals surface area contributed by atoms with Gasteiger partial charge in [-0.25, -0.2) is 4.98 Å². The summed E-state index contributed by atoms with van der Waals surface area (Å²) >= 11 is 0. The quantitative estimate of drug-likeness (QED) is 0.264. The number of carbonyl (C=O) groups excluding carboxylic acids is 1. The highest BCUT2D eigenvalue weighted by Gasteiger charge is 2.14. The first-order valence-corrected chi connectivity index (χ1v) is 11.0. The normalized spacial score (nSPS) is 14.2. The third-order valence-electron chi connectivity index (χ3n) is 4.96. The van der Waals surface area contributed by atoms with Crippen molar-refractivity contribution in [3.8, 4) is 0 Å². The van der Waals surface area contributed by atoms with Crippen LogP contribution in [0, 0.1) is 6.92 Å². The standard InChI is InChI=1S/C24H33N5O3/c1-19-6-4-7-20(14-19)17-25-27-23-16-22(29-9-12-31-13-10-29)15-21(26-23)8-5-11-32-24(30)18-28(2)3/h4,6-7,14-17H,5,8-13,18H2,1-3H3,(H,26,27)/b25-17+. The summed E-state index contributed by atoms with van der Waals surface area (Å²) in [6.45, 7) is 5.85. The summed E-state index contributed by atoms with van der Waals surface area (Å²) in [7, 11) is 3.69. The Hall–Kier alpha value is -2.97. The van der Waals surface area contributed by atoms with Crippen LogP contribution < -0.4 is 10.3 Å². The molecule has 2 aromatic rings. The van der Waals surface area contributed by atoms with E-state index in [0.717, 1.165) is 30.0 Å². The SMILES string of the molecule is Cc1cccc(/C=N/Nc2cc(N3CCOCC3)cc(CCCOC(=O)CN(C)C)n2)c1. The van der Waals surface area contributed by atoms with Crippen LogP contribution in [0.3, 0.4) is 0 Å². The number of benzene rings is 1. The molecule has 0 unspecified atom stereocenters. The number of nitrogens with one attached hydrogen (secondary N) is 1. The van der Waals surface area contributed by atoms with Gasteiger partial charge in [-0.3, -0.25) is 15.1 Å². The Morgan fingerprint density at radius 3 is 2.84 bits per heavy atom. The Morgan fingerprint density at radius 1 is 1.28 bits per heavy atom. The molecule has 1 N–H and O–H groups in total. The van der Waals surface area contributed by atoms with Gasteiger partial charge in [-0.1, -0.05) is 29.8 Å². The number of aromatic nitrogens is 1. The molecular weight excluding hydrogens is 406 g/mol. The Labute approximate surface area is 190 Å². The van der Waals surface area contributed by atoms with Gasteiger partial charge in [0.05, 0.1) is 32.6 Å². The van der Waals surface area contributed by atoms with Gasteiger partial charge < -0.3 is 14.4 Å². The molecule has 2 heterocycles. The number of ether oxygens (including phenoxy) is 2. The molecule has 0 saturated carbocycles. The molecule has 1 saturated heterocycles. The van der Waals surface area contributed by atoms with Gasteiger partial charge in [0.2, 0.25) is 0 Å². The van der Waals surface area contributed by atoms with Crippen molar-refractivity contribution in [3.63, 3.8) is 0 Å². The molecule has 1 aromatic heterocycles. The van der Waals surface area contributed by atoms with E-state index in [2.05, 4.69) is 40.5 Å². The molecule has 1 aliphatic rings. The van der Waals surface area contributed by atoms with Gasteiger partial charge in [-0.15, -0.1) is 0 Å². The van der Waals surface area contributed by atoms with Crippen LogP contribution >= 0.6 is 0 Å². The highest BCUT2D eigenvalue weighted by molar-refractivity contribution is 5.80. The summed E-state index contributed by atoms with van der Waals surface area (Å²) in [5, 5.41) is 4.37. The van der Waals surface area contributed by atoms with Gasteiger partial charge in [0.1, 0.15) is 5.82 Å². The van der Waals surface area contributed by atoms with E-state index in [0.29, 0.717) is 38.5 Å². The number of pyridine rings is 1. The van der Waals surface area contributed by atoms with Gasteiger partial charge in [0.15, 0.2) is 0 Å². The number of nitrogens with zero attached hydrogens (tertiary/aromatic N) is 4. The predicted octanol–water partition coefficient (Wildman–Crippen LogP) is 2.71. The molecule has 1 aromatic carbocycles. The van der Waals surface area contributed by atoms with Gasteiger partial charge in [-0.05, 0) is 45.5 Å². The van der Waals surface area contributed by atoms with Crippen molar-refractivity contribution in [1.29, 1.82) is 0 Å². The van der Waals surface area contributed by atoms with Crippen LogP contribution in [-0.2, 0) is 20.7 Å². The lowest BCUT2D eigenvalue weighted by Crippen LogP contribution is -2.36. The number of hydrogen-bond donors (Lipinski definition) is 1. The van der Waals surface area contributed by atoms with Crippen molar-refractivity contribution < 1.29 is 14.3 Å². The molecule has 8 nitrogen and oxygen atoms in total. The van der Waals surface area contributed by atoms with Crippen LogP contribution in [0.1, 0.15) is 23.2 Å². The average Bonchev–Trinajstić information content (AvgIpc) is 2.77. The number of likely N-dealkylation sites (N-methyl/N-ethyl adjacent to an activating group) is 1. The second-order valence-electron chi connectivity index (χ2n) is 8.15.